The van der Waals surface area contributed by atoms with Crippen molar-refractivity contribution in [2.24, 2.45) is 23.2 Å². The van der Waals surface area contributed by atoms with E-state index in [2.05, 4.69) is 0 Å². The van der Waals surface area contributed by atoms with E-state index in [1.807, 2.05) is 0 Å². The molecule has 5 heteroatoms. The number of carbonyl (C=O) groups is 1. The fraction of sp³-hybridized carbons (Fsp3) is 0.682. The molecule has 0 heterocycles. The minimum atomic E-state index is -2.79. The number of benzene rings is 1. The molecule has 1 unspecified atom stereocenters. The highest BCUT2D eigenvalue weighted by Crippen LogP contribution is 2.61. The zero-order chi connectivity index (χ0) is 19.0. The molecule has 0 spiro atoms. The Labute approximate surface area is 157 Å². The van der Waals surface area contributed by atoms with Gasteiger partial charge in [-0.2, -0.15) is 0 Å². The molecule has 0 radical (unpaired) electrons. The summed E-state index contributed by atoms with van der Waals surface area (Å²) in [5, 5.41) is 0. The smallest absolute Gasteiger partial charge is 0.256 e. The molecule has 6 rings (SSSR count). The van der Waals surface area contributed by atoms with Crippen LogP contribution in [0.2, 0.25) is 0 Å². The lowest BCUT2D eigenvalue weighted by Crippen LogP contribution is -2.48. The Morgan fingerprint density at radius 1 is 1.07 bits per heavy atom. The van der Waals surface area contributed by atoms with E-state index in [1.54, 1.807) is 0 Å². The lowest BCUT2D eigenvalue weighted by Gasteiger charge is -2.56. The fourth-order valence-corrected chi connectivity index (χ4v) is 6.49. The van der Waals surface area contributed by atoms with Crippen molar-refractivity contribution in [1.82, 2.24) is 0 Å². The number of rotatable bonds is 5. The summed E-state index contributed by atoms with van der Waals surface area (Å²) < 4.78 is 47.8. The second kappa shape index (κ2) is 5.74. The van der Waals surface area contributed by atoms with Crippen molar-refractivity contribution in [3.8, 4) is 5.75 Å². The molecule has 146 valence electrons. The predicted octanol–water partition coefficient (Wildman–Crippen LogP) is 5.75. The Kier molecular flexibility index (Phi) is 3.74. The van der Waals surface area contributed by atoms with Gasteiger partial charge in [-0.05, 0) is 69.3 Å². The number of hydrogen-bond acceptors (Lipinski definition) is 2. The SMILES string of the molecule is CC(=O)c1cc(C2CC2(F)F)c(OCC23CC4CC(CC(C4)C2)C3)cc1F. The van der Waals surface area contributed by atoms with Crippen LogP contribution in [0.4, 0.5) is 13.2 Å². The van der Waals surface area contributed by atoms with Crippen LogP contribution in [-0.2, 0) is 0 Å². The van der Waals surface area contributed by atoms with Crippen LogP contribution in [0.1, 0.15) is 73.7 Å². The summed E-state index contributed by atoms with van der Waals surface area (Å²) in [6, 6.07) is 2.44. The molecule has 27 heavy (non-hydrogen) atoms. The van der Waals surface area contributed by atoms with Crippen LogP contribution in [-0.4, -0.2) is 18.3 Å². The van der Waals surface area contributed by atoms with Crippen LogP contribution >= 0.6 is 0 Å². The minimum Gasteiger partial charge on any atom is -0.493 e. The van der Waals surface area contributed by atoms with Gasteiger partial charge in [0, 0.05) is 23.5 Å². The highest BCUT2D eigenvalue weighted by Gasteiger charge is 2.59. The van der Waals surface area contributed by atoms with Gasteiger partial charge in [0.05, 0.1) is 18.1 Å². The summed E-state index contributed by atoms with van der Waals surface area (Å²) in [6.45, 7) is 1.73. The Bertz CT molecular complexity index is 766. The molecule has 0 amide bonds. The van der Waals surface area contributed by atoms with Gasteiger partial charge in [-0.25, -0.2) is 13.2 Å². The number of alkyl halides is 2. The zero-order valence-corrected chi connectivity index (χ0v) is 15.6. The molecule has 5 aliphatic carbocycles. The van der Waals surface area contributed by atoms with Gasteiger partial charge in [0.2, 0.25) is 0 Å². The van der Waals surface area contributed by atoms with Crippen molar-refractivity contribution in [3.05, 3.63) is 29.1 Å². The lowest BCUT2D eigenvalue weighted by molar-refractivity contribution is -0.0747. The molecule has 1 atom stereocenters. The van der Waals surface area contributed by atoms with Gasteiger partial charge in [-0.1, -0.05) is 0 Å². The summed E-state index contributed by atoms with van der Waals surface area (Å²) in [4.78, 5) is 11.7. The fourth-order valence-electron chi connectivity index (χ4n) is 6.49. The topological polar surface area (TPSA) is 26.3 Å². The highest BCUT2D eigenvalue weighted by molar-refractivity contribution is 5.94. The Morgan fingerprint density at radius 3 is 2.11 bits per heavy atom. The molecule has 0 saturated heterocycles. The zero-order valence-electron chi connectivity index (χ0n) is 15.6. The number of ketones is 1. The van der Waals surface area contributed by atoms with Crippen LogP contribution in [0.25, 0.3) is 0 Å². The van der Waals surface area contributed by atoms with Gasteiger partial charge in [0.15, 0.2) is 5.78 Å². The number of halogens is 3. The summed E-state index contributed by atoms with van der Waals surface area (Å²) in [5.74, 6) is -2.39. The molecular weight excluding hydrogens is 353 g/mol. The van der Waals surface area contributed by atoms with Crippen LogP contribution in [0.5, 0.6) is 5.75 Å². The number of carbonyl (C=O) groups excluding carboxylic acids is 1. The molecule has 2 nitrogen and oxygen atoms in total. The molecule has 0 N–H and O–H groups in total. The maximum Gasteiger partial charge on any atom is 0.256 e. The first kappa shape index (κ1) is 17.6. The maximum atomic E-state index is 14.4. The molecule has 5 saturated carbocycles. The molecular formula is C22H25F3O2. The first-order valence-corrected chi connectivity index (χ1v) is 10.1. The quantitative estimate of drug-likeness (QED) is 0.610. The Hall–Kier alpha value is -1.52. The number of hydrogen-bond donors (Lipinski definition) is 0. The van der Waals surface area contributed by atoms with Gasteiger partial charge in [-0.15, -0.1) is 0 Å². The van der Waals surface area contributed by atoms with Gasteiger partial charge in [0.25, 0.3) is 5.92 Å². The number of Topliss-reactive ketones (excluding diaryl/α,β-unsaturated/α-hetero) is 1. The second-order valence-electron chi connectivity index (χ2n) is 9.65. The third-order valence-corrected chi connectivity index (χ3v) is 7.38. The van der Waals surface area contributed by atoms with Crippen LogP contribution in [0.15, 0.2) is 12.1 Å². The van der Waals surface area contributed by atoms with Crippen LogP contribution in [0, 0.1) is 29.0 Å². The normalized spacial score (nSPS) is 38.1. The summed E-state index contributed by atoms with van der Waals surface area (Å²) >= 11 is 0. The molecule has 0 aliphatic heterocycles. The van der Waals surface area contributed by atoms with Crippen LogP contribution in [0.3, 0.4) is 0 Å². The van der Waals surface area contributed by atoms with Crippen molar-refractivity contribution >= 4 is 5.78 Å². The Morgan fingerprint density at radius 2 is 1.63 bits per heavy atom. The van der Waals surface area contributed by atoms with Crippen molar-refractivity contribution in [1.29, 1.82) is 0 Å². The average Bonchev–Trinajstić information content (AvgIpc) is 3.19. The Balaban J connectivity index is 1.41. The first-order chi connectivity index (χ1) is 12.7. The average molecular weight is 378 g/mol. The van der Waals surface area contributed by atoms with Crippen molar-refractivity contribution < 1.29 is 22.7 Å². The van der Waals surface area contributed by atoms with Crippen LogP contribution < -0.4 is 4.74 Å². The summed E-state index contributed by atoms with van der Waals surface area (Å²) in [5.41, 5.74) is 0.277. The summed E-state index contributed by atoms with van der Waals surface area (Å²) in [6.07, 6.45) is 7.12. The molecule has 5 aliphatic rings. The van der Waals surface area contributed by atoms with E-state index in [-0.39, 0.29) is 28.7 Å². The van der Waals surface area contributed by atoms with E-state index >= 15 is 0 Å². The lowest BCUT2D eigenvalue weighted by atomic mass is 9.50. The molecule has 1 aromatic rings. The minimum absolute atomic E-state index is 0.119. The summed E-state index contributed by atoms with van der Waals surface area (Å²) in [7, 11) is 0. The van der Waals surface area contributed by atoms with Gasteiger partial charge < -0.3 is 4.74 Å². The van der Waals surface area contributed by atoms with E-state index in [9.17, 15) is 18.0 Å². The molecule has 0 aromatic heterocycles. The van der Waals surface area contributed by atoms with Gasteiger partial charge in [0.1, 0.15) is 11.6 Å². The molecule has 1 aromatic carbocycles. The number of ether oxygens (including phenoxy) is 1. The van der Waals surface area contributed by atoms with Gasteiger partial charge in [-0.3, -0.25) is 4.79 Å². The van der Waals surface area contributed by atoms with E-state index < -0.39 is 23.4 Å². The van der Waals surface area contributed by atoms with E-state index in [0.29, 0.717) is 6.61 Å². The maximum absolute atomic E-state index is 14.4. The second-order valence-corrected chi connectivity index (χ2v) is 9.65. The largest absolute Gasteiger partial charge is 0.493 e. The van der Waals surface area contributed by atoms with Gasteiger partial charge >= 0.3 is 0 Å². The molecule has 4 bridgehead atoms. The van der Waals surface area contributed by atoms with E-state index in [0.717, 1.165) is 43.1 Å². The molecule has 5 fully saturated rings. The predicted molar refractivity (Wildman–Crippen MR) is 94.8 cm³/mol. The monoisotopic (exact) mass is 378 g/mol. The first-order valence-electron chi connectivity index (χ1n) is 10.1. The third-order valence-electron chi connectivity index (χ3n) is 7.38. The van der Waals surface area contributed by atoms with E-state index in [1.165, 1.54) is 32.3 Å². The third kappa shape index (κ3) is 2.98. The van der Waals surface area contributed by atoms with E-state index in [4.69, 9.17) is 4.74 Å². The van der Waals surface area contributed by atoms with Crippen molar-refractivity contribution in [3.63, 3.8) is 0 Å². The highest BCUT2D eigenvalue weighted by atomic mass is 19.3. The van der Waals surface area contributed by atoms with Crippen molar-refractivity contribution in [2.75, 3.05) is 6.61 Å². The standard InChI is InChI=1S/C22H25F3O2/c1-12(26)16-5-17(18-10-22(18,24)25)20(6-19(16)23)27-11-21-7-13-2-14(8-21)4-15(3-13)9-21/h5-6,13-15,18H,2-4,7-11H2,1H3. The van der Waals surface area contributed by atoms with Crippen molar-refractivity contribution in [2.45, 2.75) is 63.7 Å².